The van der Waals surface area contributed by atoms with E-state index in [2.05, 4.69) is 10.1 Å². The summed E-state index contributed by atoms with van der Waals surface area (Å²) >= 11 is 0. The molecule has 8 heteroatoms. The summed E-state index contributed by atoms with van der Waals surface area (Å²) < 4.78 is 20.5. The zero-order valence-corrected chi connectivity index (χ0v) is 16.9. The van der Waals surface area contributed by atoms with Crippen LogP contribution in [-0.2, 0) is 32.0 Å². The van der Waals surface area contributed by atoms with Crippen molar-refractivity contribution in [3.8, 4) is 0 Å². The van der Waals surface area contributed by atoms with E-state index in [0.717, 1.165) is 5.56 Å². The number of methoxy groups -OCH3 is 1. The lowest BCUT2D eigenvalue weighted by Gasteiger charge is -2.22. The van der Waals surface area contributed by atoms with Gasteiger partial charge in [-0.1, -0.05) is 30.3 Å². The van der Waals surface area contributed by atoms with Gasteiger partial charge in [0.05, 0.1) is 7.11 Å². The van der Waals surface area contributed by atoms with Crippen molar-refractivity contribution in [2.45, 2.75) is 45.4 Å². The smallest absolute Gasteiger partial charge is 0.408 e. The lowest BCUT2D eigenvalue weighted by atomic mass is 10.1. The van der Waals surface area contributed by atoms with E-state index in [4.69, 9.17) is 13.9 Å². The summed E-state index contributed by atoms with van der Waals surface area (Å²) in [4.78, 5) is 36.3. The fraction of sp³-hybridized carbons (Fsp3) is 0.381. The first-order chi connectivity index (χ1) is 13.7. The molecule has 1 amide bonds. The molecule has 0 aliphatic carbocycles. The van der Waals surface area contributed by atoms with Gasteiger partial charge >= 0.3 is 18.0 Å². The number of hydrogen-bond donors (Lipinski definition) is 1. The van der Waals surface area contributed by atoms with Gasteiger partial charge in [0.15, 0.2) is 0 Å². The lowest BCUT2D eigenvalue weighted by molar-refractivity contribution is -0.147. The molecule has 0 bridgehead atoms. The van der Waals surface area contributed by atoms with Gasteiger partial charge < -0.3 is 23.9 Å². The molecule has 1 aromatic heterocycles. The van der Waals surface area contributed by atoms with E-state index < -0.39 is 29.7 Å². The third-order valence-corrected chi connectivity index (χ3v) is 3.65. The highest BCUT2D eigenvalue weighted by atomic mass is 16.6. The summed E-state index contributed by atoms with van der Waals surface area (Å²) in [5, 5.41) is 2.50. The van der Waals surface area contributed by atoms with Crippen LogP contribution in [0.5, 0.6) is 0 Å². The molecule has 1 heterocycles. The molecule has 0 aliphatic rings. The van der Waals surface area contributed by atoms with E-state index in [1.54, 1.807) is 20.8 Å². The molecule has 0 radical (unpaired) electrons. The van der Waals surface area contributed by atoms with Gasteiger partial charge in [-0.2, -0.15) is 0 Å². The monoisotopic (exact) mass is 403 g/mol. The number of rotatable bonds is 7. The van der Waals surface area contributed by atoms with Crippen LogP contribution >= 0.6 is 0 Å². The number of hydrogen-bond acceptors (Lipinski definition) is 7. The number of esters is 2. The van der Waals surface area contributed by atoms with Gasteiger partial charge in [0.25, 0.3) is 0 Å². The van der Waals surface area contributed by atoms with Crippen LogP contribution in [0.3, 0.4) is 0 Å². The second-order valence-corrected chi connectivity index (χ2v) is 7.25. The largest absolute Gasteiger partial charge is 0.463 e. The van der Waals surface area contributed by atoms with Crippen molar-refractivity contribution in [2.24, 2.45) is 0 Å². The summed E-state index contributed by atoms with van der Waals surface area (Å²) in [6, 6.07) is 11.0. The molecular weight excluding hydrogens is 378 g/mol. The van der Waals surface area contributed by atoms with Crippen molar-refractivity contribution in [1.29, 1.82) is 0 Å². The molecule has 0 fully saturated rings. The molecule has 0 saturated carbocycles. The molecule has 0 saturated heterocycles. The Bertz CT molecular complexity index is 836. The average Bonchev–Trinajstić information content (AvgIpc) is 3.13. The minimum atomic E-state index is -1.06. The van der Waals surface area contributed by atoms with E-state index in [9.17, 15) is 14.4 Å². The zero-order valence-electron chi connectivity index (χ0n) is 16.9. The Morgan fingerprint density at radius 1 is 1.07 bits per heavy atom. The lowest BCUT2D eigenvalue weighted by Crippen LogP contribution is -2.45. The van der Waals surface area contributed by atoms with Crippen LogP contribution in [0.1, 0.15) is 42.6 Å². The molecule has 1 N–H and O–H groups in total. The molecule has 1 atom stereocenters. The number of furan rings is 1. The van der Waals surface area contributed by atoms with Crippen molar-refractivity contribution in [3.05, 3.63) is 59.5 Å². The molecule has 0 aliphatic heterocycles. The molecule has 29 heavy (non-hydrogen) atoms. The third kappa shape index (κ3) is 7.33. The predicted octanol–water partition coefficient (Wildman–Crippen LogP) is 3.25. The molecule has 2 aromatic rings. The maximum absolute atomic E-state index is 12.6. The molecule has 156 valence electrons. The Labute approximate surface area is 169 Å². The van der Waals surface area contributed by atoms with Gasteiger partial charge in [0.2, 0.25) is 5.76 Å². The summed E-state index contributed by atoms with van der Waals surface area (Å²) in [5.74, 6) is -0.991. The van der Waals surface area contributed by atoms with Crippen molar-refractivity contribution < 1.29 is 33.0 Å². The van der Waals surface area contributed by atoms with E-state index in [1.807, 2.05) is 30.3 Å². The number of amides is 1. The SMILES string of the molecule is COC(=O)c1ccc(C[C@@H](NC(=O)OC(C)(C)C)C(=O)OCc2ccccc2)o1. The van der Waals surface area contributed by atoms with E-state index >= 15 is 0 Å². The summed E-state index contributed by atoms with van der Waals surface area (Å²) in [7, 11) is 1.23. The Morgan fingerprint density at radius 3 is 2.38 bits per heavy atom. The number of alkyl carbamates (subject to hydrolysis) is 1. The van der Waals surface area contributed by atoms with Crippen LogP contribution in [0.25, 0.3) is 0 Å². The van der Waals surface area contributed by atoms with Gasteiger partial charge in [-0.05, 0) is 38.5 Å². The molecule has 0 unspecified atom stereocenters. The average molecular weight is 403 g/mol. The zero-order chi connectivity index (χ0) is 21.4. The molecule has 2 rings (SSSR count). The van der Waals surface area contributed by atoms with Crippen molar-refractivity contribution >= 4 is 18.0 Å². The summed E-state index contributed by atoms with van der Waals surface area (Å²) in [6.45, 7) is 5.19. The van der Waals surface area contributed by atoms with Gasteiger partial charge in [0, 0.05) is 6.42 Å². The van der Waals surface area contributed by atoms with E-state index in [0.29, 0.717) is 5.76 Å². The quantitative estimate of drug-likeness (QED) is 0.559. The fourth-order valence-corrected chi connectivity index (χ4v) is 2.37. The second-order valence-electron chi connectivity index (χ2n) is 7.25. The first kappa shape index (κ1) is 22.0. The third-order valence-electron chi connectivity index (χ3n) is 3.65. The highest BCUT2D eigenvalue weighted by molar-refractivity contribution is 5.86. The minimum Gasteiger partial charge on any atom is -0.463 e. The second kappa shape index (κ2) is 9.77. The van der Waals surface area contributed by atoms with Crippen molar-refractivity contribution in [1.82, 2.24) is 5.32 Å². The topological polar surface area (TPSA) is 104 Å². The van der Waals surface area contributed by atoms with Crippen LogP contribution in [0, 0.1) is 0 Å². The summed E-state index contributed by atoms with van der Waals surface area (Å²) in [5.41, 5.74) is 0.0773. The van der Waals surface area contributed by atoms with E-state index in [1.165, 1.54) is 19.2 Å². The van der Waals surface area contributed by atoms with Crippen LogP contribution < -0.4 is 5.32 Å². The Kier molecular flexibility index (Phi) is 7.41. The van der Waals surface area contributed by atoms with Crippen LogP contribution in [-0.4, -0.2) is 36.8 Å². The van der Waals surface area contributed by atoms with Crippen LogP contribution in [0.2, 0.25) is 0 Å². The highest BCUT2D eigenvalue weighted by Gasteiger charge is 2.27. The highest BCUT2D eigenvalue weighted by Crippen LogP contribution is 2.14. The fourth-order valence-electron chi connectivity index (χ4n) is 2.37. The van der Waals surface area contributed by atoms with Gasteiger partial charge in [-0.15, -0.1) is 0 Å². The first-order valence-electron chi connectivity index (χ1n) is 9.05. The van der Waals surface area contributed by atoms with E-state index in [-0.39, 0.29) is 18.8 Å². The number of nitrogens with one attached hydrogen (secondary N) is 1. The standard InChI is InChI=1S/C21H25NO7/c1-21(2,3)29-20(25)22-16(12-15-10-11-17(28-15)19(24)26-4)18(23)27-13-14-8-6-5-7-9-14/h5-11,16H,12-13H2,1-4H3,(H,22,25)/t16-/m1/s1. The Morgan fingerprint density at radius 2 is 1.76 bits per heavy atom. The number of benzene rings is 1. The van der Waals surface area contributed by atoms with Gasteiger partial charge in [-0.3, -0.25) is 0 Å². The first-order valence-corrected chi connectivity index (χ1v) is 9.05. The normalized spacial score (nSPS) is 12.0. The van der Waals surface area contributed by atoms with Crippen molar-refractivity contribution in [2.75, 3.05) is 7.11 Å². The molecule has 0 spiro atoms. The number of ether oxygens (including phenoxy) is 3. The van der Waals surface area contributed by atoms with Gasteiger partial charge in [-0.25, -0.2) is 14.4 Å². The Balaban J connectivity index is 2.09. The molecule has 1 aromatic carbocycles. The van der Waals surface area contributed by atoms with Gasteiger partial charge in [0.1, 0.15) is 24.0 Å². The number of carbonyl (C=O) groups excluding carboxylic acids is 3. The van der Waals surface area contributed by atoms with Crippen LogP contribution in [0.15, 0.2) is 46.9 Å². The maximum atomic E-state index is 12.6. The predicted molar refractivity (Wildman–Crippen MR) is 103 cm³/mol. The molecule has 8 nitrogen and oxygen atoms in total. The summed E-state index contributed by atoms with van der Waals surface area (Å²) in [6.07, 6.45) is -0.789. The Hall–Kier alpha value is -3.29. The minimum absolute atomic E-state index is 0.00355. The number of carbonyl (C=O) groups is 3. The maximum Gasteiger partial charge on any atom is 0.408 e. The van der Waals surface area contributed by atoms with Crippen molar-refractivity contribution in [3.63, 3.8) is 0 Å². The molecular formula is C21H25NO7. The van der Waals surface area contributed by atoms with Crippen LogP contribution in [0.4, 0.5) is 4.79 Å².